The molecule has 0 unspecified atom stereocenters. The second-order valence-electron chi connectivity index (χ2n) is 6.94. The first-order valence-electron chi connectivity index (χ1n) is 9.96. The normalized spacial score (nSPS) is 10.8. The van der Waals surface area contributed by atoms with E-state index in [9.17, 15) is 10.1 Å². The van der Waals surface area contributed by atoms with Crippen LogP contribution in [-0.2, 0) is 6.61 Å². The van der Waals surface area contributed by atoms with E-state index in [0.717, 1.165) is 11.1 Å². The number of aromatic carboxylic acids is 1. The van der Waals surface area contributed by atoms with Crippen LogP contribution in [0.25, 0.3) is 11.6 Å². The summed E-state index contributed by atoms with van der Waals surface area (Å²) in [6.07, 6.45) is 1.75. The smallest absolute Gasteiger partial charge is 0.335 e. The van der Waals surface area contributed by atoms with Crippen LogP contribution < -0.4 is 18.9 Å². The van der Waals surface area contributed by atoms with Gasteiger partial charge in [-0.1, -0.05) is 18.2 Å². The molecule has 0 aromatic heterocycles. The van der Waals surface area contributed by atoms with Crippen molar-refractivity contribution < 1.29 is 28.8 Å². The average Bonchev–Trinajstić information content (AvgIpc) is 2.86. The van der Waals surface area contributed by atoms with E-state index < -0.39 is 5.97 Å². The molecule has 0 atom stereocenters. The lowest BCUT2D eigenvalue weighted by molar-refractivity contribution is 0.0697. The number of allylic oxidation sites excluding steroid dienone is 1. The first-order chi connectivity index (χ1) is 16.0. The average molecular weight is 445 g/mol. The molecule has 0 amide bonds. The van der Waals surface area contributed by atoms with E-state index in [1.807, 2.05) is 6.07 Å². The third-order valence-electron chi connectivity index (χ3n) is 4.91. The summed E-state index contributed by atoms with van der Waals surface area (Å²) in [5.74, 6) is 1.18. The highest BCUT2D eigenvalue weighted by Gasteiger charge is 2.10. The molecule has 7 heteroatoms. The van der Waals surface area contributed by atoms with Crippen LogP contribution in [0.4, 0.5) is 0 Å². The van der Waals surface area contributed by atoms with Gasteiger partial charge in [-0.2, -0.15) is 5.26 Å². The highest BCUT2D eigenvalue weighted by atomic mass is 16.5. The third kappa shape index (κ3) is 5.63. The molecule has 0 radical (unpaired) electrons. The van der Waals surface area contributed by atoms with Gasteiger partial charge in [-0.15, -0.1) is 0 Å². The monoisotopic (exact) mass is 445 g/mol. The fourth-order valence-electron chi connectivity index (χ4n) is 3.15. The lowest BCUT2D eigenvalue weighted by atomic mass is 10.0. The second-order valence-corrected chi connectivity index (χ2v) is 6.94. The molecule has 0 spiro atoms. The number of nitrogens with zero attached hydrogens (tertiary/aromatic N) is 1. The molecule has 0 bridgehead atoms. The largest absolute Gasteiger partial charge is 0.493 e. The van der Waals surface area contributed by atoms with Gasteiger partial charge in [0.25, 0.3) is 0 Å². The van der Waals surface area contributed by atoms with Crippen LogP contribution in [0.5, 0.6) is 23.0 Å². The summed E-state index contributed by atoms with van der Waals surface area (Å²) in [4.78, 5) is 11.0. The zero-order chi connectivity index (χ0) is 23.8. The number of hydrogen-bond acceptors (Lipinski definition) is 6. The third-order valence-corrected chi connectivity index (χ3v) is 4.91. The van der Waals surface area contributed by atoms with E-state index in [0.29, 0.717) is 34.1 Å². The van der Waals surface area contributed by atoms with Crippen LogP contribution >= 0.6 is 0 Å². The molecule has 0 heterocycles. The maximum atomic E-state index is 11.0. The number of carboxylic acids is 1. The van der Waals surface area contributed by atoms with Gasteiger partial charge in [-0.05, 0) is 65.2 Å². The molecule has 3 rings (SSSR count). The summed E-state index contributed by atoms with van der Waals surface area (Å²) in [6.45, 7) is 0.251. The fourth-order valence-corrected chi connectivity index (χ4v) is 3.15. The second kappa shape index (κ2) is 10.7. The van der Waals surface area contributed by atoms with Crippen molar-refractivity contribution in [1.82, 2.24) is 0 Å². The molecule has 168 valence electrons. The number of carbonyl (C=O) groups is 1. The number of rotatable bonds is 9. The summed E-state index contributed by atoms with van der Waals surface area (Å²) < 4.78 is 21.9. The number of carboxylic acid groups (broad SMARTS) is 1. The van der Waals surface area contributed by atoms with Gasteiger partial charge in [0, 0.05) is 0 Å². The van der Waals surface area contributed by atoms with Crippen molar-refractivity contribution in [2.75, 3.05) is 21.3 Å². The van der Waals surface area contributed by atoms with E-state index >= 15 is 0 Å². The van der Waals surface area contributed by atoms with Crippen molar-refractivity contribution in [2.24, 2.45) is 0 Å². The van der Waals surface area contributed by atoms with Gasteiger partial charge in [0.15, 0.2) is 23.0 Å². The Kier molecular flexibility index (Phi) is 7.55. The van der Waals surface area contributed by atoms with Gasteiger partial charge >= 0.3 is 5.97 Å². The van der Waals surface area contributed by atoms with Crippen molar-refractivity contribution >= 4 is 17.6 Å². The van der Waals surface area contributed by atoms with Crippen LogP contribution in [-0.4, -0.2) is 32.4 Å². The Morgan fingerprint density at radius 2 is 1.45 bits per heavy atom. The first kappa shape index (κ1) is 23.2. The molecule has 33 heavy (non-hydrogen) atoms. The lowest BCUT2D eigenvalue weighted by Gasteiger charge is -2.12. The van der Waals surface area contributed by atoms with Gasteiger partial charge in [0.1, 0.15) is 6.61 Å². The number of ether oxygens (including phenoxy) is 4. The fraction of sp³-hybridized carbons (Fsp3) is 0.154. The molecule has 0 fully saturated rings. The summed E-state index contributed by atoms with van der Waals surface area (Å²) in [5, 5.41) is 18.7. The SMILES string of the molecule is COc1ccc(/C(C#N)=C/c2ccc(OCc3ccc(C(=O)O)cc3)c(OC)c2)cc1OC. The van der Waals surface area contributed by atoms with Crippen LogP contribution in [0.15, 0.2) is 60.7 Å². The minimum Gasteiger partial charge on any atom is -0.493 e. The zero-order valence-electron chi connectivity index (χ0n) is 18.5. The number of nitriles is 1. The summed E-state index contributed by atoms with van der Waals surface area (Å²) in [6, 6.07) is 19.3. The van der Waals surface area contributed by atoms with Gasteiger partial charge in [0.2, 0.25) is 0 Å². The standard InChI is InChI=1S/C26H23NO6/c1-30-22-11-9-20(14-25(22)32-3)21(15-27)12-18-6-10-23(24(13-18)31-2)33-16-17-4-7-19(8-5-17)26(28)29/h4-14H,16H2,1-3H3,(H,28,29)/b21-12+. The molecule has 0 aliphatic rings. The van der Waals surface area contributed by atoms with Crippen LogP contribution in [0.1, 0.15) is 27.0 Å². The summed E-state index contributed by atoms with van der Waals surface area (Å²) in [5.41, 5.74) is 2.95. The van der Waals surface area contributed by atoms with Crippen molar-refractivity contribution in [3.63, 3.8) is 0 Å². The van der Waals surface area contributed by atoms with E-state index in [1.165, 1.54) is 19.2 Å². The van der Waals surface area contributed by atoms with Crippen molar-refractivity contribution in [1.29, 1.82) is 5.26 Å². The van der Waals surface area contributed by atoms with Crippen LogP contribution in [0.2, 0.25) is 0 Å². The first-order valence-corrected chi connectivity index (χ1v) is 9.96. The van der Waals surface area contributed by atoms with Gasteiger partial charge in [0.05, 0.1) is 38.5 Å². The zero-order valence-corrected chi connectivity index (χ0v) is 18.5. The van der Waals surface area contributed by atoms with E-state index in [2.05, 4.69) is 6.07 Å². The quantitative estimate of drug-likeness (QED) is 0.363. The molecular weight excluding hydrogens is 422 g/mol. The highest BCUT2D eigenvalue weighted by Crippen LogP contribution is 2.33. The van der Waals surface area contributed by atoms with Gasteiger partial charge in [-0.3, -0.25) is 0 Å². The molecule has 0 saturated carbocycles. The van der Waals surface area contributed by atoms with Gasteiger partial charge < -0.3 is 24.1 Å². The van der Waals surface area contributed by atoms with Crippen molar-refractivity contribution in [3.05, 3.63) is 82.9 Å². The minimum absolute atomic E-state index is 0.218. The molecule has 0 aliphatic carbocycles. The van der Waals surface area contributed by atoms with E-state index in [-0.39, 0.29) is 12.2 Å². The van der Waals surface area contributed by atoms with Crippen molar-refractivity contribution in [3.8, 4) is 29.1 Å². The molecule has 7 nitrogen and oxygen atoms in total. The Bertz CT molecular complexity index is 1210. The Balaban J connectivity index is 1.81. The predicted octanol–water partition coefficient (Wildman–Crippen LogP) is 5.05. The number of methoxy groups -OCH3 is 3. The topological polar surface area (TPSA) is 98.0 Å². The highest BCUT2D eigenvalue weighted by molar-refractivity contribution is 5.90. The molecule has 1 N–H and O–H groups in total. The Morgan fingerprint density at radius 1 is 0.848 bits per heavy atom. The molecule has 0 saturated heterocycles. The maximum Gasteiger partial charge on any atom is 0.335 e. The Hall–Kier alpha value is -4.44. The van der Waals surface area contributed by atoms with Gasteiger partial charge in [-0.25, -0.2) is 4.79 Å². The van der Waals surface area contributed by atoms with Crippen LogP contribution in [0.3, 0.4) is 0 Å². The minimum atomic E-state index is -0.974. The van der Waals surface area contributed by atoms with E-state index in [1.54, 1.807) is 62.8 Å². The molecular formula is C26H23NO6. The lowest BCUT2D eigenvalue weighted by Crippen LogP contribution is -2.00. The number of benzene rings is 3. The molecule has 3 aromatic rings. The van der Waals surface area contributed by atoms with Crippen molar-refractivity contribution in [2.45, 2.75) is 6.61 Å². The Morgan fingerprint density at radius 3 is 2.06 bits per heavy atom. The summed E-state index contributed by atoms with van der Waals surface area (Å²) in [7, 11) is 4.64. The molecule has 0 aliphatic heterocycles. The summed E-state index contributed by atoms with van der Waals surface area (Å²) >= 11 is 0. The van der Waals surface area contributed by atoms with E-state index in [4.69, 9.17) is 24.1 Å². The molecule has 3 aromatic carbocycles. The van der Waals surface area contributed by atoms with Crippen LogP contribution in [0, 0.1) is 11.3 Å². The predicted molar refractivity (Wildman–Crippen MR) is 124 cm³/mol. The Labute approximate surface area is 192 Å². The number of hydrogen-bond donors (Lipinski definition) is 1. The maximum absolute atomic E-state index is 11.0.